The maximum Gasteiger partial charge on any atom is 0.184 e. The summed E-state index contributed by atoms with van der Waals surface area (Å²) < 4.78 is 6.09. The van der Waals surface area contributed by atoms with Crippen LogP contribution in [0.2, 0.25) is 0 Å². The highest BCUT2D eigenvalue weighted by atomic mass is 16.6. The zero-order chi connectivity index (χ0) is 15.2. The summed E-state index contributed by atoms with van der Waals surface area (Å²) in [6.07, 6.45) is 8.19. The molecule has 1 aromatic carbocycles. The van der Waals surface area contributed by atoms with E-state index in [0.29, 0.717) is 12.6 Å². The van der Waals surface area contributed by atoms with Gasteiger partial charge < -0.3 is 9.84 Å². The van der Waals surface area contributed by atoms with Gasteiger partial charge in [-0.3, -0.25) is 4.90 Å². The fourth-order valence-corrected chi connectivity index (χ4v) is 5.09. The van der Waals surface area contributed by atoms with Crippen molar-refractivity contribution in [1.29, 1.82) is 0 Å². The highest BCUT2D eigenvalue weighted by Crippen LogP contribution is 2.56. The van der Waals surface area contributed by atoms with Gasteiger partial charge in [0.15, 0.2) is 5.79 Å². The second-order valence-electron chi connectivity index (χ2n) is 7.01. The molecule has 0 amide bonds. The van der Waals surface area contributed by atoms with Crippen LogP contribution in [0.4, 0.5) is 0 Å². The highest BCUT2D eigenvalue weighted by Gasteiger charge is 2.64. The van der Waals surface area contributed by atoms with Gasteiger partial charge in [-0.2, -0.15) is 0 Å². The Kier molecular flexibility index (Phi) is 3.40. The van der Waals surface area contributed by atoms with Crippen molar-refractivity contribution >= 4 is 0 Å². The van der Waals surface area contributed by atoms with Gasteiger partial charge in [0, 0.05) is 12.5 Å². The van der Waals surface area contributed by atoms with E-state index in [1.807, 2.05) is 0 Å². The van der Waals surface area contributed by atoms with Crippen molar-refractivity contribution in [1.82, 2.24) is 4.90 Å². The molecular formula is C19H25NO2. The molecule has 2 saturated heterocycles. The zero-order valence-electron chi connectivity index (χ0n) is 13.1. The molecule has 22 heavy (non-hydrogen) atoms. The van der Waals surface area contributed by atoms with Gasteiger partial charge in [0.2, 0.25) is 0 Å². The Hall–Kier alpha value is -1.16. The average Bonchev–Trinajstić information content (AvgIpc) is 2.89. The van der Waals surface area contributed by atoms with Crippen LogP contribution in [0, 0.1) is 0 Å². The molecule has 1 saturated carbocycles. The number of ether oxygens (including phenoxy) is 1. The normalized spacial score (nSPS) is 41.7. The minimum absolute atomic E-state index is 0.211. The Morgan fingerprint density at radius 3 is 2.73 bits per heavy atom. The Balaban J connectivity index is 1.80. The van der Waals surface area contributed by atoms with Crippen molar-refractivity contribution in [2.45, 2.75) is 61.9 Å². The van der Waals surface area contributed by atoms with Crippen LogP contribution in [-0.4, -0.2) is 34.0 Å². The topological polar surface area (TPSA) is 32.7 Å². The largest absolute Gasteiger partial charge is 0.364 e. The van der Waals surface area contributed by atoms with Crippen LogP contribution in [0.1, 0.15) is 50.1 Å². The molecule has 1 aromatic rings. The lowest BCUT2D eigenvalue weighted by atomic mass is 9.75. The van der Waals surface area contributed by atoms with Gasteiger partial charge in [-0.05, 0) is 37.7 Å². The number of morpholine rings is 1. The average molecular weight is 299 g/mol. The van der Waals surface area contributed by atoms with Gasteiger partial charge in [-0.25, -0.2) is 0 Å². The Bertz CT molecular complexity index is 560. The first-order valence-corrected chi connectivity index (χ1v) is 8.52. The van der Waals surface area contributed by atoms with Gasteiger partial charge in [-0.1, -0.05) is 36.4 Å². The molecule has 2 aliphatic heterocycles. The number of piperidine rings is 1. The third-order valence-corrected chi connectivity index (χ3v) is 6.05. The predicted molar refractivity (Wildman–Crippen MR) is 86.3 cm³/mol. The molecule has 0 radical (unpaired) electrons. The van der Waals surface area contributed by atoms with Gasteiger partial charge in [0.25, 0.3) is 0 Å². The lowest BCUT2D eigenvalue weighted by Gasteiger charge is -2.60. The van der Waals surface area contributed by atoms with Crippen molar-refractivity contribution in [2.24, 2.45) is 0 Å². The molecule has 0 aromatic heterocycles. The molecule has 4 atom stereocenters. The molecule has 1 N–H and O–H groups in total. The summed E-state index contributed by atoms with van der Waals surface area (Å²) in [5, 5.41) is 11.2. The summed E-state index contributed by atoms with van der Waals surface area (Å²) in [5.74, 6) is -0.972. The fraction of sp³-hybridized carbons (Fsp3) is 0.579. The third kappa shape index (κ3) is 1.86. The monoisotopic (exact) mass is 299 g/mol. The Morgan fingerprint density at radius 1 is 1.18 bits per heavy atom. The molecule has 2 heterocycles. The minimum atomic E-state index is -0.972. The summed E-state index contributed by atoms with van der Waals surface area (Å²) in [6.45, 7) is 4.64. The zero-order valence-corrected chi connectivity index (χ0v) is 13.1. The van der Waals surface area contributed by atoms with Crippen LogP contribution < -0.4 is 0 Å². The summed E-state index contributed by atoms with van der Waals surface area (Å²) in [6, 6.07) is 11.1. The highest BCUT2D eigenvalue weighted by molar-refractivity contribution is 5.25. The molecule has 3 nitrogen and oxygen atoms in total. The molecular weight excluding hydrogens is 274 g/mol. The number of hydrogen-bond acceptors (Lipinski definition) is 3. The molecule has 0 unspecified atom stereocenters. The van der Waals surface area contributed by atoms with E-state index in [0.717, 1.165) is 38.5 Å². The van der Waals surface area contributed by atoms with E-state index in [1.165, 1.54) is 5.56 Å². The molecule has 0 bridgehead atoms. The predicted octanol–water partition coefficient (Wildman–Crippen LogP) is 3.41. The summed E-state index contributed by atoms with van der Waals surface area (Å²) in [5.41, 5.74) is 1.05. The van der Waals surface area contributed by atoms with E-state index in [1.54, 1.807) is 0 Å². The van der Waals surface area contributed by atoms with Crippen molar-refractivity contribution in [2.75, 3.05) is 6.61 Å². The molecule has 3 fully saturated rings. The number of aliphatic hydroxyl groups is 1. The molecule has 1 spiro atoms. The first-order valence-electron chi connectivity index (χ1n) is 8.52. The third-order valence-electron chi connectivity index (χ3n) is 6.05. The molecule has 1 aliphatic carbocycles. The van der Waals surface area contributed by atoms with E-state index in [2.05, 4.69) is 47.9 Å². The van der Waals surface area contributed by atoms with Crippen molar-refractivity contribution in [3.8, 4) is 0 Å². The number of rotatable bonds is 2. The summed E-state index contributed by atoms with van der Waals surface area (Å²) in [4.78, 5) is 2.55. The van der Waals surface area contributed by atoms with E-state index >= 15 is 0 Å². The van der Waals surface area contributed by atoms with Crippen LogP contribution in [-0.2, 0) is 4.74 Å². The molecule has 4 rings (SSSR count). The minimum Gasteiger partial charge on any atom is -0.364 e. The maximum absolute atomic E-state index is 11.2. The first kappa shape index (κ1) is 14.4. The van der Waals surface area contributed by atoms with Crippen molar-refractivity contribution in [3.63, 3.8) is 0 Å². The lowest BCUT2D eigenvalue weighted by Crippen LogP contribution is -2.71. The van der Waals surface area contributed by atoms with Crippen molar-refractivity contribution < 1.29 is 9.84 Å². The van der Waals surface area contributed by atoms with E-state index in [4.69, 9.17) is 4.74 Å². The van der Waals surface area contributed by atoms with Crippen LogP contribution in [0.5, 0.6) is 0 Å². The number of hydrogen-bond donors (Lipinski definition) is 1. The molecule has 118 valence electrons. The number of benzene rings is 1. The number of nitrogens with zero attached hydrogens (tertiary/aromatic N) is 1. The maximum atomic E-state index is 11.2. The van der Waals surface area contributed by atoms with Crippen LogP contribution >= 0.6 is 0 Å². The summed E-state index contributed by atoms with van der Waals surface area (Å²) in [7, 11) is 0. The fourth-order valence-electron chi connectivity index (χ4n) is 5.09. The van der Waals surface area contributed by atoms with Crippen molar-refractivity contribution in [3.05, 3.63) is 48.6 Å². The molecule has 3 heteroatoms. The Morgan fingerprint density at radius 2 is 1.95 bits per heavy atom. The van der Waals surface area contributed by atoms with E-state index < -0.39 is 5.79 Å². The van der Waals surface area contributed by atoms with Crippen LogP contribution in [0.3, 0.4) is 0 Å². The quantitative estimate of drug-likeness (QED) is 0.850. The van der Waals surface area contributed by atoms with Crippen LogP contribution in [0.15, 0.2) is 43.0 Å². The SMILES string of the molecule is C=C[C@@H]1CCC[C@@]23CCC[C@]2(O)OC[C@@H](c2ccccc2)N13. The first-order chi connectivity index (χ1) is 10.7. The summed E-state index contributed by atoms with van der Waals surface area (Å²) >= 11 is 0. The molecule has 3 aliphatic rings. The van der Waals surface area contributed by atoms with E-state index in [-0.39, 0.29) is 11.6 Å². The smallest absolute Gasteiger partial charge is 0.184 e. The van der Waals surface area contributed by atoms with Gasteiger partial charge in [-0.15, -0.1) is 6.58 Å². The van der Waals surface area contributed by atoms with Gasteiger partial charge in [0.1, 0.15) is 0 Å². The second kappa shape index (κ2) is 5.19. The Labute approximate surface area is 132 Å². The van der Waals surface area contributed by atoms with Crippen LogP contribution in [0.25, 0.3) is 0 Å². The van der Waals surface area contributed by atoms with E-state index in [9.17, 15) is 5.11 Å². The lowest BCUT2D eigenvalue weighted by molar-refractivity contribution is -0.320. The second-order valence-corrected chi connectivity index (χ2v) is 7.01. The van der Waals surface area contributed by atoms with Gasteiger partial charge in [0.05, 0.1) is 18.2 Å². The van der Waals surface area contributed by atoms with Gasteiger partial charge >= 0.3 is 0 Å². The standard InChI is InChI=1S/C19H25NO2/c1-2-16-10-6-11-18-12-7-13-19(18,21)22-14-17(20(16)18)15-8-4-3-5-9-15/h2-5,8-9,16-17,21H,1,6-7,10-14H2/t16-,17+,18-,19+/m1/s1.